The van der Waals surface area contributed by atoms with E-state index in [0.29, 0.717) is 5.75 Å². The molecule has 0 amide bonds. The van der Waals surface area contributed by atoms with Crippen molar-refractivity contribution in [3.63, 3.8) is 0 Å². The van der Waals surface area contributed by atoms with Crippen LogP contribution in [0.2, 0.25) is 0 Å². The molecule has 1 aromatic rings. The maximum Gasteiger partial charge on any atom is 0.118 e. The van der Waals surface area contributed by atoms with Gasteiger partial charge in [-0.3, -0.25) is 4.90 Å². The van der Waals surface area contributed by atoms with Crippen LogP contribution in [0.3, 0.4) is 0 Å². The van der Waals surface area contributed by atoms with Crippen LogP contribution in [0.1, 0.15) is 18.4 Å². The summed E-state index contributed by atoms with van der Waals surface area (Å²) in [7, 11) is 0. The monoisotopic (exact) mass is 281 g/mol. The van der Waals surface area contributed by atoms with Crippen LogP contribution >= 0.6 is 11.8 Å². The second kappa shape index (κ2) is 7.78. The molecule has 1 saturated heterocycles. The van der Waals surface area contributed by atoms with Crippen LogP contribution in [-0.4, -0.2) is 48.6 Å². The summed E-state index contributed by atoms with van der Waals surface area (Å²) in [5.41, 5.74) is 0.957. The Morgan fingerprint density at radius 3 is 2.79 bits per heavy atom. The van der Waals surface area contributed by atoms with E-state index in [0.717, 1.165) is 37.6 Å². The van der Waals surface area contributed by atoms with Crippen molar-refractivity contribution < 1.29 is 9.84 Å². The summed E-state index contributed by atoms with van der Waals surface area (Å²) < 4.78 is 5.34. The standard InChI is InChI=1S/C15H23NO2S/c1-13-12-14(4-5-15(13)17)19-11-3-2-6-16-7-9-18-10-8-16/h4-5,12,17H,2-3,6-11H2,1H3. The molecular weight excluding hydrogens is 258 g/mol. The first-order chi connectivity index (χ1) is 9.25. The third kappa shape index (κ3) is 5.05. The van der Waals surface area contributed by atoms with E-state index >= 15 is 0 Å². The smallest absolute Gasteiger partial charge is 0.118 e. The van der Waals surface area contributed by atoms with Crippen molar-refractivity contribution in [3.8, 4) is 5.75 Å². The number of morpholine rings is 1. The Bertz CT molecular complexity index is 392. The number of aromatic hydroxyl groups is 1. The van der Waals surface area contributed by atoms with E-state index in [1.165, 1.54) is 24.3 Å². The topological polar surface area (TPSA) is 32.7 Å². The molecule has 1 aliphatic rings. The van der Waals surface area contributed by atoms with Gasteiger partial charge in [0.15, 0.2) is 0 Å². The molecule has 0 saturated carbocycles. The summed E-state index contributed by atoms with van der Waals surface area (Å²) in [5.74, 6) is 1.53. The Kier molecular flexibility index (Phi) is 6.01. The highest BCUT2D eigenvalue weighted by Gasteiger charge is 2.09. The van der Waals surface area contributed by atoms with E-state index in [-0.39, 0.29) is 0 Å². The number of unbranched alkanes of at least 4 members (excludes halogenated alkanes) is 1. The van der Waals surface area contributed by atoms with E-state index in [1.807, 2.05) is 24.8 Å². The molecule has 0 atom stereocenters. The van der Waals surface area contributed by atoms with Gasteiger partial charge in [-0.2, -0.15) is 0 Å². The van der Waals surface area contributed by atoms with Crippen LogP contribution < -0.4 is 0 Å². The molecule has 0 unspecified atom stereocenters. The van der Waals surface area contributed by atoms with Crippen molar-refractivity contribution in [3.05, 3.63) is 23.8 Å². The summed E-state index contributed by atoms with van der Waals surface area (Å²) in [6.07, 6.45) is 2.49. The van der Waals surface area contributed by atoms with Gasteiger partial charge in [0.2, 0.25) is 0 Å². The van der Waals surface area contributed by atoms with Gasteiger partial charge in [0.1, 0.15) is 5.75 Å². The van der Waals surface area contributed by atoms with Crippen molar-refractivity contribution in [2.24, 2.45) is 0 Å². The molecule has 3 nitrogen and oxygen atoms in total. The molecule has 1 fully saturated rings. The molecule has 0 spiro atoms. The van der Waals surface area contributed by atoms with E-state index in [2.05, 4.69) is 11.0 Å². The van der Waals surface area contributed by atoms with Crippen LogP contribution in [0, 0.1) is 6.92 Å². The molecule has 1 aromatic carbocycles. The third-order valence-electron chi connectivity index (χ3n) is 3.41. The van der Waals surface area contributed by atoms with Crippen LogP contribution in [0.25, 0.3) is 0 Å². The molecule has 4 heteroatoms. The zero-order valence-electron chi connectivity index (χ0n) is 11.6. The zero-order chi connectivity index (χ0) is 13.5. The number of nitrogens with zero attached hydrogens (tertiary/aromatic N) is 1. The van der Waals surface area contributed by atoms with Crippen molar-refractivity contribution in [1.29, 1.82) is 0 Å². The van der Waals surface area contributed by atoms with Crippen LogP contribution in [0.5, 0.6) is 5.75 Å². The van der Waals surface area contributed by atoms with Gasteiger partial charge in [-0.15, -0.1) is 11.8 Å². The number of thioether (sulfide) groups is 1. The maximum absolute atomic E-state index is 9.47. The predicted molar refractivity (Wildman–Crippen MR) is 80.1 cm³/mol. The lowest BCUT2D eigenvalue weighted by Crippen LogP contribution is -2.36. The summed E-state index contributed by atoms with van der Waals surface area (Å²) in [6.45, 7) is 7.09. The van der Waals surface area contributed by atoms with E-state index in [1.54, 1.807) is 6.07 Å². The lowest BCUT2D eigenvalue weighted by molar-refractivity contribution is 0.0374. The van der Waals surface area contributed by atoms with Gasteiger partial charge >= 0.3 is 0 Å². The summed E-state index contributed by atoms with van der Waals surface area (Å²) in [4.78, 5) is 3.74. The zero-order valence-corrected chi connectivity index (χ0v) is 12.4. The largest absolute Gasteiger partial charge is 0.508 e. The first-order valence-electron chi connectivity index (χ1n) is 6.98. The Labute approximate surface area is 120 Å². The van der Waals surface area contributed by atoms with Crippen molar-refractivity contribution in [2.45, 2.75) is 24.7 Å². The molecule has 106 valence electrons. The van der Waals surface area contributed by atoms with Gasteiger partial charge in [0.25, 0.3) is 0 Å². The number of ether oxygens (including phenoxy) is 1. The number of phenols is 1. The molecule has 2 rings (SSSR count). The number of rotatable bonds is 6. The molecule has 0 radical (unpaired) electrons. The molecule has 0 aromatic heterocycles. The quantitative estimate of drug-likeness (QED) is 0.642. The third-order valence-corrected chi connectivity index (χ3v) is 4.49. The minimum absolute atomic E-state index is 0.386. The molecule has 19 heavy (non-hydrogen) atoms. The molecule has 0 bridgehead atoms. The average molecular weight is 281 g/mol. The van der Waals surface area contributed by atoms with Crippen LogP contribution in [0.15, 0.2) is 23.1 Å². The molecule has 1 aliphatic heterocycles. The fourth-order valence-electron chi connectivity index (χ4n) is 2.17. The lowest BCUT2D eigenvalue weighted by Gasteiger charge is -2.26. The summed E-state index contributed by atoms with van der Waals surface area (Å²) in [6, 6.07) is 5.84. The summed E-state index contributed by atoms with van der Waals surface area (Å²) in [5, 5.41) is 9.47. The Morgan fingerprint density at radius 2 is 2.05 bits per heavy atom. The number of hydrogen-bond donors (Lipinski definition) is 1. The van der Waals surface area contributed by atoms with E-state index < -0.39 is 0 Å². The second-order valence-electron chi connectivity index (χ2n) is 4.96. The molecule has 1 N–H and O–H groups in total. The highest BCUT2D eigenvalue weighted by Crippen LogP contribution is 2.25. The van der Waals surface area contributed by atoms with Gasteiger partial charge in [-0.1, -0.05) is 0 Å². The first kappa shape index (κ1) is 14.7. The number of aryl methyl sites for hydroxylation is 1. The fourth-order valence-corrected chi connectivity index (χ4v) is 3.18. The van der Waals surface area contributed by atoms with Crippen LogP contribution in [0.4, 0.5) is 0 Å². The highest BCUT2D eigenvalue weighted by molar-refractivity contribution is 7.99. The van der Waals surface area contributed by atoms with E-state index in [4.69, 9.17) is 4.74 Å². The number of benzene rings is 1. The number of phenolic OH excluding ortho intramolecular Hbond substituents is 1. The Morgan fingerprint density at radius 1 is 1.26 bits per heavy atom. The van der Waals surface area contributed by atoms with Crippen molar-refractivity contribution in [1.82, 2.24) is 4.90 Å². The second-order valence-corrected chi connectivity index (χ2v) is 6.13. The average Bonchev–Trinajstić information content (AvgIpc) is 2.43. The SMILES string of the molecule is Cc1cc(SCCCCN2CCOCC2)ccc1O. The van der Waals surface area contributed by atoms with Gasteiger partial charge in [0.05, 0.1) is 13.2 Å². The van der Waals surface area contributed by atoms with Crippen LogP contribution in [-0.2, 0) is 4.74 Å². The fraction of sp³-hybridized carbons (Fsp3) is 0.600. The molecule has 0 aliphatic carbocycles. The molecular formula is C15H23NO2S. The molecule has 1 heterocycles. The lowest BCUT2D eigenvalue weighted by atomic mass is 10.2. The number of hydrogen-bond acceptors (Lipinski definition) is 4. The van der Waals surface area contributed by atoms with Crippen molar-refractivity contribution >= 4 is 11.8 Å². The predicted octanol–water partition coefficient (Wildman–Crippen LogP) is 2.91. The van der Waals surface area contributed by atoms with Gasteiger partial charge in [0, 0.05) is 18.0 Å². The summed E-state index contributed by atoms with van der Waals surface area (Å²) >= 11 is 1.88. The minimum Gasteiger partial charge on any atom is -0.508 e. The normalized spacial score (nSPS) is 16.7. The highest BCUT2D eigenvalue weighted by atomic mass is 32.2. The maximum atomic E-state index is 9.47. The van der Waals surface area contributed by atoms with Gasteiger partial charge < -0.3 is 9.84 Å². The van der Waals surface area contributed by atoms with E-state index in [9.17, 15) is 5.11 Å². The first-order valence-corrected chi connectivity index (χ1v) is 7.97. The van der Waals surface area contributed by atoms with Gasteiger partial charge in [-0.25, -0.2) is 0 Å². The minimum atomic E-state index is 0.386. The Balaban J connectivity index is 1.59. The Hall–Kier alpha value is -0.710. The van der Waals surface area contributed by atoms with Gasteiger partial charge in [-0.05, 0) is 55.8 Å². The van der Waals surface area contributed by atoms with Crippen molar-refractivity contribution in [2.75, 3.05) is 38.6 Å².